The van der Waals surface area contributed by atoms with Crippen LogP contribution in [0.15, 0.2) is 29.4 Å². The molecule has 0 aliphatic rings. The summed E-state index contributed by atoms with van der Waals surface area (Å²) in [5, 5.41) is 15.3. The molecule has 0 radical (unpaired) electrons. The Bertz CT molecular complexity index is 441. The lowest BCUT2D eigenvalue weighted by atomic mass is 9.86. The lowest BCUT2D eigenvalue weighted by molar-refractivity contribution is 0.304. The van der Waals surface area contributed by atoms with Crippen molar-refractivity contribution in [1.29, 1.82) is 0 Å². The van der Waals surface area contributed by atoms with E-state index < -0.39 is 0 Å². The van der Waals surface area contributed by atoms with E-state index in [0.29, 0.717) is 5.84 Å². The summed E-state index contributed by atoms with van der Waals surface area (Å²) in [5.41, 5.74) is 8.12. The molecule has 1 aromatic carbocycles. The highest BCUT2D eigenvalue weighted by Crippen LogP contribution is 2.23. The molecular formula is C16H27N3O. The molecule has 20 heavy (non-hydrogen) atoms. The molecule has 0 saturated heterocycles. The van der Waals surface area contributed by atoms with Crippen LogP contribution >= 0.6 is 0 Å². The highest BCUT2D eigenvalue weighted by atomic mass is 16.4. The summed E-state index contributed by atoms with van der Waals surface area (Å²) in [4.78, 5) is 0. The predicted molar refractivity (Wildman–Crippen MR) is 83.9 cm³/mol. The van der Waals surface area contributed by atoms with E-state index in [1.54, 1.807) is 0 Å². The molecule has 0 spiro atoms. The van der Waals surface area contributed by atoms with Gasteiger partial charge in [-0.2, -0.15) is 0 Å². The normalized spacial score (nSPS) is 12.7. The number of unbranched alkanes of at least 4 members (excludes halogenated alkanes) is 1. The van der Waals surface area contributed by atoms with Crippen molar-refractivity contribution in [3.63, 3.8) is 0 Å². The highest BCUT2D eigenvalue weighted by Gasteiger charge is 2.22. The minimum Gasteiger partial charge on any atom is -0.409 e. The van der Waals surface area contributed by atoms with Crippen molar-refractivity contribution in [3.05, 3.63) is 35.4 Å². The summed E-state index contributed by atoms with van der Waals surface area (Å²) in [6, 6.07) is 8.43. The van der Waals surface area contributed by atoms with Gasteiger partial charge in [-0.25, -0.2) is 0 Å². The molecule has 4 nitrogen and oxygen atoms in total. The van der Waals surface area contributed by atoms with Crippen molar-refractivity contribution in [2.45, 2.75) is 46.6 Å². The van der Waals surface area contributed by atoms with Gasteiger partial charge in [-0.15, -0.1) is 0 Å². The lowest BCUT2D eigenvalue weighted by Gasteiger charge is -2.22. The van der Waals surface area contributed by atoms with E-state index in [1.807, 2.05) is 13.8 Å². The van der Waals surface area contributed by atoms with Crippen molar-refractivity contribution in [1.82, 2.24) is 5.32 Å². The molecule has 1 aromatic rings. The first-order valence-electron chi connectivity index (χ1n) is 7.20. The SMILES string of the molecule is Cc1ccccc1CNCCCCC(C)(C)/C(N)=N/O. The van der Waals surface area contributed by atoms with Crippen molar-refractivity contribution < 1.29 is 5.21 Å². The summed E-state index contributed by atoms with van der Waals surface area (Å²) < 4.78 is 0. The number of hydrogen-bond donors (Lipinski definition) is 3. The molecule has 0 aromatic heterocycles. The Morgan fingerprint density at radius 2 is 2.00 bits per heavy atom. The van der Waals surface area contributed by atoms with Crippen LogP contribution in [-0.4, -0.2) is 17.6 Å². The van der Waals surface area contributed by atoms with Crippen molar-refractivity contribution in [3.8, 4) is 0 Å². The zero-order chi connectivity index (χ0) is 15.0. The Balaban J connectivity index is 2.19. The average Bonchev–Trinajstić information content (AvgIpc) is 2.43. The van der Waals surface area contributed by atoms with Gasteiger partial charge in [0, 0.05) is 12.0 Å². The van der Waals surface area contributed by atoms with Gasteiger partial charge in [-0.3, -0.25) is 0 Å². The molecular weight excluding hydrogens is 250 g/mol. The van der Waals surface area contributed by atoms with Crippen molar-refractivity contribution in [2.24, 2.45) is 16.3 Å². The number of benzene rings is 1. The van der Waals surface area contributed by atoms with Crippen LogP contribution in [0, 0.1) is 12.3 Å². The third-order valence-electron chi connectivity index (χ3n) is 3.78. The second-order valence-corrected chi connectivity index (χ2v) is 5.93. The first kappa shape index (κ1) is 16.5. The zero-order valence-corrected chi connectivity index (χ0v) is 12.8. The van der Waals surface area contributed by atoms with Gasteiger partial charge in [0.25, 0.3) is 0 Å². The number of hydrogen-bond acceptors (Lipinski definition) is 3. The van der Waals surface area contributed by atoms with Gasteiger partial charge in [-0.05, 0) is 37.4 Å². The van der Waals surface area contributed by atoms with Crippen LogP contribution < -0.4 is 11.1 Å². The third kappa shape index (κ3) is 5.21. The first-order chi connectivity index (χ1) is 9.47. The number of rotatable bonds is 8. The van der Waals surface area contributed by atoms with E-state index in [4.69, 9.17) is 10.9 Å². The number of oxime groups is 1. The molecule has 112 valence electrons. The zero-order valence-electron chi connectivity index (χ0n) is 12.8. The van der Waals surface area contributed by atoms with Crippen LogP contribution in [0.2, 0.25) is 0 Å². The molecule has 1 rings (SSSR count). The molecule has 0 atom stereocenters. The van der Waals surface area contributed by atoms with Gasteiger partial charge in [-0.1, -0.05) is 49.7 Å². The Labute approximate surface area is 122 Å². The summed E-state index contributed by atoms with van der Waals surface area (Å²) >= 11 is 0. The summed E-state index contributed by atoms with van der Waals surface area (Å²) in [6.07, 6.45) is 3.08. The maximum absolute atomic E-state index is 8.71. The highest BCUT2D eigenvalue weighted by molar-refractivity contribution is 5.85. The van der Waals surface area contributed by atoms with Gasteiger partial charge >= 0.3 is 0 Å². The Morgan fingerprint density at radius 3 is 2.65 bits per heavy atom. The van der Waals surface area contributed by atoms with Gasteiger partial charge in [0.1, 0.15) is 5.84 Å². The molecule has 0 bridgehead atoms. The average molecular weight is 277 g/mol. The third-order valence-corrected chi connectivity index (χ3v) is 3.78. The Kier molecular flexibility index (Phi) is 6.52. The molecule has 0 heterocycles. The van der Waals surface area contributed by atoms with E-state index in [0.717, 1.165) is 32.4 Å². The maximum atomic E-state index is 8.71. The van der Waals surface area contributed by atoms with E-state index in [9.17, 15) is 0 Å². The quantitative estimate of drug-likeness (QED) is 0.225. The Morgan fingerprint density at radius 1 is 1.30 bits per heavy atom. The minimum absolute atomic E-state index is 0.231. The maximum Gasteiger partial charge on any atom is 0.144 e. The van der Waals surface area contributed by atoms with E-state index in [-0.39, 0.29) is 5.41 Å². The number of nitrogens with one attached hydrogen (secondary N) is 1. The van der Waals surface area contributed by atoms with Crippen molar-refractivity contribution >= 4 is 5.84 Å². The number of amidine groups is 1. The van der Waals surface area contributed by atoms with Gasteiger partial charge in [0.05, 0.1) is 0 Å². The Hall–Kier alpha value is -1.55. The molecule has 0 saturated carbocycles. The largest absolute Gasteiger partial charge is 0.409 e. The molecule has 0 amide bonds. The molecule has 0 aliphatic carbocycles. The summed E-state index contributed by atoms with van der Waals surface area (Å²) in [6.45, 7) is 8.04. The predicted octanol–water partition coefficient (Wildman–Crippen LogP) is 3.03. The summed E-state index contributed by atoms with van der Waals surface area (Å²) in [7, 11) is 0. The fraction of sp³-hybridized carbons (Fsp3) is 0.562. The van der Waals surface area contributed by atoms with E-state index in [1.165, 1.54) is 11.1 Å². The monoisotopic (exact) mass is 277 g/mol. The van der Waals surface area contributed by atoms with Crippen LogP contribution in [0.3, 0.4) is 0 Å². The van der Waals surface area contributed by atoms with Crippen LogP contribution in [0.25, 0.3) is 0 Å². The fourth-order valence-corrected chi connectivity index (χ4v) is 2.11. The number of nitrogens with zero attached hydrogens (tertiary/aromatic N) is 1. The number of aryl methyl sites for hydroxylation is 1. The topological polar surface area (TPSA) is 70.6 Å². The molecule has 0 fully saturated rings. The molecule has 0 unspecified atom stereocenters. The van der Waals surface area contributed by atoms with Crippen molar-refractivity contribution in [2.75, 3.05) is 6.54 Å². The van der Waals surface area contributed by atoms with Crippen LogP contribution in [0.4, 0.5) is 0 Å². The second-order valence-electron chi connectivity index (χ2n) is 5.93. The van der Waals surface area contributed by atoms with Crippen LogP contribution in [0.1, 0.15) is 44.2 Å². The van der Waals surface area contributed by atoms with Gasteiger partial charge < -0.3 is 16.3 Å². The van der Waals surface area contributed by atoms with E-state index >= 15 is 0 Å². The van der Waals surface area contributed by atoms with Crippen LogP contribution in [-0.2, 0) is 6.54 Å². The fourth-order valence-electron chi connectivity index (χ4n) is 2.11. The van der Waals surface area contributed by atoms with E-state index in [2.05, 4.69) is 41.7 Å². The number of nitrogens with two attached hydrogens (primary N) is 1. The van der Waals surface area contributed by atoms with Gasteiger partial charge in [0.2, 0.25) is 0 Å². The first-order valence-corrected chi connectivity index (χ1v) is 7.20. The smallest absolute Gasteiger partial charge is 0.144 e. The van der Waals surface area contributed by atoms with Crippen LogP contribution in [0.5, 0.6) is 0 Å². The molecule has 4 N–H and O–H groups in total. The molecule has 4 heteroatoms. The molecule has 0 aliphatic heterocycles. The minimum atomic E-state index is -0.231. The second kappa shape index (κ2) is 7.90. The lowest BCUT2D eigenvalue weighted by Crippen LogP contribution is -2.32. The van der Waals surface area contributed by atoms with Gasteiger partial charge in [0.15, 0.2) is 0 Å². The standard InChI is InChI=1S/C16H27N3O/c1-13-8-4-5-9-14(13)12-18-11-7-6-10-16(2,3)15(17)19-20/h4-5,8-9,18,20H,6-7,10-12H2,1-3H3,(H2,17,19). The summed E-state index contributed by atoms with van der Waals surface area (Å²) in [5.74, 6) is 0.311.